The molecule has 1 aromatic carbocycles. The molecule has 0 unspecified atom stereocenters. The predicted molar refractivity (Wildman–Crippen MR) is 68.3 cm³/mol. The van der Waals surface area contributed by atoms with Crippen LogP contribution in [0.3, 0.4) is 0 Å². The standard InChI is InChI=1S/C14H16N2O2/c1-9-5-4-6-12(7-9)8-15-14(17)13-10(2)11(3)18-16-13/h4-7H,8H2,1-3H3,(H,15,17). The van der Waals surface area contributed by atoms with Gasteiger partial charge in [0.1, 0.15) is 5.76 Å². The average molecular weight is 244 g/mol. The van der Waals surface area contributed by atoms with Gasteiger partial charge in [0.25, 0.3) is 5.91 Å². The van der Waals surface area contributed by atoms with E-state index in [0.29, 0.717) is 18.0 Å². The van der Waals surface area contributed by atoms with E-state index < -0.39 is 0 Å². The minimum absolute atomic E-state index is 0.203. The summed E-state index contributed by atoms with van der Waals surface area (Å²) in [7, 11) is 0. The van der Waals surface area contributed by atoms with Crippen molar-refractivity contribution in [1.29, 1.82) is 0 Å². The van der Waals surface area contributed by atoms with Crippen LogP contribution in [0.5, 0.6) is 0 Å². The highest BCUT2D eigenvalue weighted by molar-refractivity contribution is 5.93. The smallest absolute Gasteiger partial charge is 0.274 e. The second-order valence-corrected chi connectivity index (χ2v) is 4.38. The van der Waals surface area contributed by atoms with Crippen molar-refractivity contribution in [3.8, 4) is 0 Å². The van der Waals surface area contributed by atoms with Crippen molar-refractivity contribution in [1.82, 2.24) is 10.5 Å². The molecule has 1 N–H and O–H groups in total. The zero-order chi connectivity index (χ0) is 13.1. The molecule has 2 aromatic rings. The third kappa shape index (κ3) is 2.59. The summed E-state index contributed by atoms with van der Waals surface area (Å²) in [4.78, 5) is 11.9. The lowest BCUT2D eigenvalue weighted by molar-refractivity contribution is 0.0941. The largest absolute Gasteiger partial charge is 0.361 e. The number of aryl methyl sites for hydroxylation is 2. The summed E-state index contributed by atoms with van der Waals surface area (Å²) in [6.07, 6.45) is 0. The van der Waals surface area contributed by atoms with Gasteiger partial charge in [0.15, 0.2) is 5.69 Å². The fraction of sp³-hybridized carbons (Fsp3) is 0.286. The van der Waals surface area contributed by atoms with E-state index in [0.717, 1.165) is 11.1 Å². The summed E-state index contributed by atoms with van der Waals surface area (Å²) >= 11 is 0. The van der Waals surface area contributed by atoms with E-state index in [9.17, 15) is 4.79 Å². The zero-order valence-electron chi connectivity index (χ0n) is 10.8. The maximum Gasteiger partial charge on any atom is 0.274 e. The topological polar surface area (TPSA) is 55.1 Å². The van der Waals surface area contributed by atoms with Gasteiger partial charge in [0.2, 0.25) is 0 Å². The Morgan fingerprint density at radius 1 is 1.33 bits per heavy atom. The first kappa shape index (κ1) is 12.4. The van der Waals surface area contributed by atoms with Crippen LogP contribution >= 0.6 is 0 Å². The molecule has 0 spiro atoms. The molecule has 1 heterocycles. The monoisotopic (exact) mass is 244 g/mol. The molecule has 1 aromatic heterocycles. The molecule has 4 heteroatoms. The Hall–Kier alpha value is -2.10. The number of carbonyl (C=O) groups is 1. The third-order valence-electron chi connectivity index (χ3n) is 2.91. The number of hydrogen-bond acceptors (Lipinski definition) is 3. The first-order valence-corrected chi connectivity index (χ1v) is 5.84. The molecular formula is C14H16N2O2. The Morgan fingerprint density at radius 2 is 2.11 bits per heavy atom. The lowest BCUT2D eigenvalue weighted by Crippen LogP contribution is -2.23. The number of aromatic nitrogens is 1. The van der Waals surface area contributed by atoms with E-state index in [4.69, 9.17) is 4.52 Å². The van der Waals surface area contributed by atoms with Crippen LogP contribution in [0.1, 0.15) is 32.9 Å². The molecule has 0 aliphatic carbocycles. The fourth-order valence-electron chi connectivity index (χ4n) is 1.72. The maximum absolute atomic E-state index is 11.9. The van der Waals surface area contributed by atoms with Crippen molar-refractivity contribution in [2.45, 2.75) is 27.3 Å². The van der Waals surface area contributed by atoms with Gasteiger partial charge >= 0.3 is 0 Å². The first-order valence-electron chi connectivity index (χ1n) is 5.84. The van der Waals surface area contributed by atoms with Crippen molar-refractivity contribution in [2.24, 2.45) is 0 Å². The van der Waals surface area contributed by atoms with E-state index in [-0.39, 0.29) is 5.91 Å². The number of nitrogens with one attached hydrogen (secondary N) is 1. The molecule has 4 nitrogen and oxygen atoms in total. The maximum atomic E-state index is 11.9. The summed E-state index contributed by atoms with van der Waals surface area (Å²) in [5.74, 6) is 0.474. The van der Waals surface area contributed by atoms with E-state index in [1.165, 1.54) is 5.56 Å². The van der Waals surface area contributed by atoms with Gasteiger partial charge in [-0.15, -0.1) is 0 Å². The highest BCUT2D eigenvalue weighted by atomic mass is 16.5. The summed E-state index contributed by atoms with van der Waals surface area (Å²) in [6, 6.07) is 8.02. The zero-order valence-corrected chi connectivity index (χ0v) is 10.8. The molecule has 0 aliphatic heterocycles. The lowest BCUT2D eigenvalue weighted by Gasteiger charge is -2.04. The van der Waals surface area contributed by atoms with Gasteiger partial charge in [-0.3, -0.25) is 4.79 Å². The Bertz CT molecular complexity index is 573. The SMILES string of the molecule is Cc1cccc(CNC(=O)c2noc(C)c2C)c1. The Labute approximate surface area is 106 Å². The highest BCUT2D eigenvalue weighted by Crippen LogP contribution is 2.11. The molecule has 0 fully saturated rings. The second-order valence-electron chi connectivity index (χ2n) is 4.38. The van der Waals surface area contributed by atoms with Crippen molar-refractivity contribution in [3.05, 3.63) is 52.4 Å². The first-order chi connectivity index (χ1) is 8.58. The second kappa shape index (κ2) is 5.04. The van der Waals surface area contributed by atoms with Crippen molar-refractivity contribution >= 4 is 5.91 Å². The Morgan fingerprint density at radius 3 is 2.72 bits per heavy atom. The number of amides is 1. The van der Waals surface area contributed by atoms with Crippen LogP contribution in [0.2, 0.25) is 0 Å². The van der Waals surface area contributed by atoms with Crippen LogP contribution < -0.4 is 5.32 Å². The van der Waals surface area contributed by atoms with E-state index in [1.807, 2.05) is 38.1 Å². The van der Waals surface area contributed by atoms with Crippen molar-refractivity contribution in [3.63, 3.8) is 0 Å². The molecule has 0 radical (unpaired) electrons. The molecule has 1 amide bonds. The summed E-state index contributed by atoms with van der Waals surface area (Å²) in [5, 5.41) is 6.59. The van der Waals surface area contributed by atoms with Gasteiger partial charge < -0.3 is 9.84 Å². The normalized spacial score (nSPS) is 10.4. The van der Waals surface area contributed by atoms with Crippen molar-refractivity contribution < 1.29 is 9.32 Å². The number of rotatable bonds is 3. The summed E-state index contributed by atoms with van der Waals surface area (Å²) in [6.45, 7) is 6.13. The lowest BCUT2D eigenvalue weighted by atomic mass is 10.1. The summed E-state index contributed by atoms with van der Waals surface area (Å²) < 4.78 is 4.98. The molecule has 0 atom stereocenters. The molecule has 0 saturated carbocycles. The van der Waals surface area contributed by atoms with Crippen LogP contribution in [0, 0.1) is 20.8 Å². The minimum atomic E-state index is -0.203. The minimum Gasteiger partial charge on any atom is -0.361 e. The number of carbonyl (C=O) groups excluding carboxylic acids is 1. The van der Waals surface area contributed by atoms with Crippen LogP contribution in [0.15, 0.2) is 28.8 Å². The number of nitrogens with zero attached hydrogens (tertiary/aromatic N) is 1. The predicted octanol–water partition coefficient (Wildman–Crippen LogP) is 2.53. The van der Waals surface area contributed by atoms with Crippen LogP contribution in [0.25, 0.3) is 0 Å². The molecule has 18 heavy (non-hydrogen) atoms. The van der Waals surface area contributed by atoms with Gasteiger partial charge in [0.05, 0.1) is 0 Å². The summed E-state index contributed by atoms with van der Waals surface area (Å²) in [5.41, 5.74) is 3.40. The quantitative estimate of drug-likeness (QED) is 0.902. The molecule has 94 valence electrons. The van der Waals surface area contributed by atoms with Gasteiger partial charge in [-0.1, -0.05) is 35.0 Å². The average Bonchev–Trinajstić information content (AvgIpc) is 2.67. The van der Waals surface area contributed by atoms with E-state index in [1.54, 1.807) is 6.92 Å². The highest BCUT2D eigenvalue weighted by Gasteiger charge is 2.15. The number of benzene rings is 1. The molecular weight excluding hydrogens is 228 g/mol. The molecule has 2 rings (SSSR count). The fourth-order valence-corrected chi connectivity index (χ4v) is 1.72. The van der Waals surface area contributed by atoms with Gasteiger partial charge in [-0.25, -0.2) is 0 Å². The van der Waals surface area contributed by atoms with Gasteiger partial charge in [-0.2, -0.15) is 0 Å². The van der Waals surface area contributed by atoms with Crippen LogP contribution in [-0.2, 0) is 6.54 Å². The molecule has 0 saturated heterocycles. The van der Waals surface area contributed by atoms with E-state index >= 15 is 0 Å². The van der Waals surface area contributed by atoms with Gasteiger partial charge in [0, 0.05) is 12.1 Å². The Balaban J connectivity index is 2.03. The van der Waals surface area contributed by atoms with Crippen LogP contribution in [-0.4, -0.2) is 11.1 Å². The molecule has 0 bridgehead atoms. The Kier molecular flexibility index (Phi) is 3.46. The van der Waals surface area contributed by atoms with Gasteiger partial charge in [-0.05, 0) is 26.3 Å². The molecule has 0 aliphatic rings. The number of hydrogen-bond donors (Lipinski definition) is 1. The third-order valence-corrected chi connectivity index (χ3v) is 2.91. The van der Waals surface area contributed by atoms with Crippen LogP contribution in [0.4, 0.5) is 0 Å². The van der Waals surface area contributed by atoms with Crippen molar-refractivity contribution in [2.75, 3.05) is 0 Å². The van der Waals surface area contributed by atoms with E-state index in [2.05, 4.69) is 10.5 Å².